The first-order valence-corrected chi connectivity index (χ1v) is 6.92. The van der Waals surface area contributed by atoms with E-state index in [1.807, 2.05) is 0 Å². The van der Waals surface area contributed by atoms with Gasteiger partial charge in [0.2, 0.25) is 0 Å². The van der Waals surface area contributed by atoms with Crippen LogP contribution in [-0.4, -0.2) is 11.2 Å². The largest absolute Gasteiger partial charge is 0.391 e. The summed E-state index contributed by atoms with van der Waals surface area (Å²) in [6.07, 6.45) is 11.0. The minimum atomic E-state index is -0.465. The van der Waals surface area contributed by atoms with Crippen molar-refractivity contribution in [1.29, 1.82) is 5.26 Å². The van der Waals surface area contributed by atoms with Crippen molar-refractivity contribution in [3.05, 3.63) is 12.2 Å². The van der Waals surface area contributed by atoms with Crippen molar-refractivity contribution in [3.8, 4) is 6.07 Å². The van der Waals surface area contributed by atoms with Gasteiger partial charge in [-0.1, -0.05) is 31.9 Å². The Morgan fingerprint density at radius 3 is 2.82 bits per heavy atom. The van der Waals surface area contributed by atoms with Crippen LogP contribution in [0.1, 0.15) is 51.9 Å². The van der Waals surface area contributed by atoms with Crippen LogP contribution in [0.3, 0.4) is 0 Å². The summed E-state index contributed by atoms with van der Waals surface area (Å²) >= 11 is 0. The van der Waals surface area contributed by atoms with E-state index < -0.39 is 11.5 Å². The van der Waals surface area contributed by atoms with E-state index in [0.717, 1.165) is 38.5 Å². The van der Waals surface area contributed by atoms with Crippen molar-refractivity contribution < 1.29 is 5.11 Å². The number of aliphatic hydroxyl groups excluding tert-OH is 1. The van der Waals surface area contributed by atoms with Gasteiger partial charge in [0.15, 0.2) is 0 Å². The lowest BCUT2D eigenvalue weighted by Gasteiger charge is -2.41. The Balaban J connectivity index is 2.11. The van der Waals surface area contributed by atoms with Crippen molar-refractivity contribution in [1.82, 2.24) is 0 Å². The predicted molar refractivity (Wildman–Crippen MR) is 68.2 cm³/mol. The molecule has 4 atom stereocenters. The number of allylic oxidation sites excluding steroid dienone is 2. The fourth-order valence-corrected chi connectivity index (χ4v) is 3.58. The number of rotatable bonds is 2. The highest BCUT2D eigenvalue weighted by Gasteiger charge is 2.44. The van der Waals surface area contributed by atoms with Gasteiger partial charge in [0.1, 0.15) is 0 Å². The Morgan fingerprint density at radius 2 is 2.24 bits per heavy atom. The second kappa shape index (κ2) is 5.23. The number of aliphatic hydroxyl groups is 1. The maximum atomic E-state index is 10.6. The van der Waals surface area contributed by atoms with Gasteiger partial charge in [0, 0.05) is 0 Å². The summed E-state index contributed by atoms with van der Waals surface area (Å²) in [5.74, 6) is 0.877. The fourth-order valence-electron chi connectivity index (χ4n) is 3.58. The molecule has 0 radical (unpaired) electrons. The van der Waals surface area contributed by atoms with E-state index in [2.05, 4.69) is 25.1 Å². The Bertz CT molecular complexity index is 330. The molecule has 0 heterocycles. The highest BCUT2D eigenvalue weighted by Crippen LogP contribution is 2.45. The molecule has 0 aromatic carbocycles. The zero-order chi connectivity index (χ0) is 12.3. The molecule has 1 N–H and O–H groups in total. The van der Waals surface area contributed by atoms with Crippen LogP contribution >= 0.6 is 0 Å². The van der Waals surface area contributed by atoms with Gasteiger partial charge in [-0.15, -0.1) is 0 Å². The number of nitriles is 1. The van der Waals surface area contributed by atoms with Crippen molar-refractivity contribution >= 4 is 0 Å². The molecule has 0 aromatic heterocycles. The first-order chi connectivity index (χ1) is 8.18. The van der Waals surface area contributed by atoms with Crippen LogP contribution in [0, 0.1) is 28.6 Å². The van der Waals surface area contributed by atoms with Gasteiger partial charge in [0.25, 0.3) is 0 Å². The van der Waals surface area contributed by atoms with Gasteiger partial charge >= 0.3 is 0 Å². The summed E-state index contributed by atoms with van der Waals surface area (Å²) in [5, 5.41) is 20.1. The van der Waals surface area contributed by atoms with E-state index in [1.54, 1.807) is 0 Å². The van der Waals surface area contributed by atoms with Gasteiger partial charge in [-0.25, -0.2) is 0 Å². The Kier molecular flexibility index (Phi) is 3.89. The van der Waals surface area contributed by atoms with Gasteiger partial charge in [0.05, 0.1) is 17.6 Å². The van der Waals surface area contributed by atoms with Gasteiger partial charge in [-0.2, -0.15) is 5.26 Å². The molecule has 2 rings (SSSR count). The normalized spacial score (nSPS) is 39.6. The lowest BCUT2D eigenvalue weighted by Crippen LogP contribution is -2.42. The molecule has 2 aliphatic carbocycles. The van der Waals surface area contributed by atoms with Crippen LogP contribution in [0.2, 0.25) is 0 Å². The zero-order valence-electron chi connectivity index (χ0n) is 10.7. The Morgan fingerprint density at radius 1 is 1.41 bits per heavy atom. The molecule has 0 amide bonds. The van der Waals surface area contributed by atoms with E-state index in [-0.39, 0.29) is 0 Å². The first kappa shape index (κ1) is 12.6. The maximum Gasteiger partial charge on any atom is 0.0837 e. The standard InChI is InChI=1S/C15H23NO/c1-12-6-5-9-15(10-12,11-16)14(17)13-7-3-2-4-8-13/h2-3,12-14,17H,4-10H2,1H3. The van der Waals surface area contributed by atoms with Crippen LogP contribution in [0.25, 0.3) is 0 Å². The van der Waals surface area contributed by atoms with Crippen LogP contribution < -0.4 is 0 Å². The molecule has 17 heavy (non-hydrogen) atoms. The number of hydrogen-bond donors (Lipinski definition) is 1. The first-order valence-electron chi connectivity index (χ1n) is 6.92. The van der Waals surface area contributed by atoms with Crippen molar-refractivity contribution in [2.45, 2.75) is 58.0 Å². The van der Waals surface area contributed by atoms with Crippen molar-refractivity contribution in [2.75, 3.05) is 0 Å². The molecule has 4 unspecified atom stereocenters. The molecule has 0 aromatic rings. The minimum Gasteiger partial charge on any atom is -0.391 e. The summed E-state index contributed by atoms with van der Waals surface area (Å²) < 4.78 is 0. The second-order valence-corrected chi connectivity index (χ2v) is 5.96. The topological polar surface area (TPSA) is 44.0 Å². The zero-order valence-corrected chi connectivity index (χ0v) is 10.7. The molecule has 1 saturated carbocycles. The average Bonchev–Trinajstić information content (AvgIpc) is 2.38. The molecule has 0 bridgehead atoms. The molecule has 0 aliphatic heterocycles. The van der Waals surface area contributed by atoms with Crippen LogP contribution in [-0.2, 0) is 0 Å². The Hall–Kier alpha value is -0.810. The second-order valence-electron chi connectivity index (χ2n) is 5.96. The number of hydrogen-bond acceptors (Lipinski definition) is 2. The number of nitrogens with zero attached hydrogens (tertiary/aromatic N) is 1. The highest BCUT2D eigenvalue weighted by molar-refractivity contribution is 5.09. The Labute approximate surface area is 104 Å². The smallest absolute Gasteiger partial charge is 0.0837 e. The molecule has 0 saturated heterocycles. The maximum absolute atomic E-state index is 10.6. The molecule has 94 valence electrons. The minimum absolute atomic E-state index is 0.296. The third-order valence-corrected chi connectivity index (χ3v) is 4.58. The molecule has 2 heteroatoms. The monoisotopic (exact) mass is 233 g/mol. The quantitative estimate of drug-likeness (QED) is 0.743. The van der Waals surface area contributed by atoms with E-state index in [1.165, 1.54) is 6.42 Å². The molecule has 2 nitrogen and oxygen atoms in total. The van der Waals surface area contributed by atoms with Crippen LogP contribution in [0.5, 0.6) is 0 Å². The summed E-state index contributed by atoms with van der Waals surface area (Å²) in [6.45, 7) is 2.21. The van der Waals surface area contributed by atoms with Crippen molar-refractivity contribution in [3.63, 3.8) is 0 Å². The molecular weight excluding hydrogens is 210 g/mol. The SMILES string of the molecule is CC1CCCC(C#N)(C(O)C2CC=CCC2)C1. The lowest BCUT2D eigenvalue weighted by molar-refractivity contribution is -0.0203. The molecule has 1 fully saturated rings. The molecule has 2 aliphatic rings. The van der Waals surface area contributed by atoms with Crippen LogP contribution in [0.15, 0.2) is 12.2 Å². The van der Waals surface area contributed by atoms with E-state index in [4.69, 9.17) is 0 Å². The average molecular weight is 233 g/mol. The summed E-state index contributed by atoms with van der Waals surface area (Å²) in [6, 6.07) is 2.47. The third-order valence-electron chi connectivity index (χ3n) is 4.58. The molecular formula is C15H23NO. The third kappa shape index (κ3) is 2.55. The fraction of sp³-hybridized carbons (Fsp3) is 0.800. The van der Waals surface area contributed by atoms with Crippen LogP contribution in [0.4, 0.5) is 0 Å². The van der Waals surface area contributed by atoms with E-state index >= 15 is 0 Å². The lowest BCUT2D eigenvalue weighted by atomic mass is 9.64. The summed E-state index contributed by atoms with van der Waals surface area (Å²) in [7, 11) is 0. The van der Waals surface area contributed by atoms with Gasteiger partial charge in [-0.3, -0.25) is 0 Å². The van der Waals surface area contributed by atoms with Crippen molar-refractivity contribution in [2.24, 2.45) is 17.3 Å². The van der Waals surface area contributed by atoms with Gasteiger partial charge < -0.3 is 5.11 Å². The highest BCUT2D eigenvalue weighted by atomic mass is 16.3. The molecule has 0 spiro atoms. The summed E-state index contributed by atoms with van der Waals surface area (Å²) in [5.41, 5.74) is -0.465. The van der Waals surface area contributed by atoms with E-state index in [0.29, 0.717) is 11.8 Å². The summed E-state index contributed by atoms with van der Waals surface area (Å²) in [4.78, 5) is 0. The van der Waals surface area contributed by atoms with E-state index in [9.17, 15) is 10.4 Å². The van der Waals surface area contributed by atoms with Gasteiger partial charge in [-0.05, 0) is 43.9 Å². The predicted octanol–water partition coefficient (Wildman–Crippen LogP) is 3.42.